The number of rotatable bonds is 7. The number of nitrogens with zero attached hydrogens (tertiary/aromatic N) is 1. The van der Waals surface area contributed by atoms with E-state index < -0.39 is 10.0 Å². The molecule has 0 bridgehead atoms. The molecule has 0 unspecified atom stereocenters. The molecule has 1 aromatic rings. The zero-order valence-electron chi connectivity index (χ0n) is 11.0. The zero-order chi connectivity index (χ0) is 14.5. The van der Waals surface area contributed by atoms with Crippen LogP contribution in [0.3, 0.4) is 0 Å². The number of nitrogens with one attached hydrogen (secondary N) is 1. The summed E-state index contributed by atoms with van der Waals surface area (Å²) < 4.78 is 29.1. The van der Waals surface area contributed by atoms with E-state index in [1.54, 1.807) is 0 Å². The van der Waals surface area contributed by atoms with Crippen molar-refractivity contribution in [3.63, 3.8) is 0 Å². The van der Waals surface area contributed by atoms with Gasteiger partial charge in [-0.25, -0.2) is 13.6 Å². The molecule has 0 saturated carbocycles. The lowest BCUT2D eigenvalue weighted by molar-refractivity contribution is 0.0941. The lowest BCUT2D eigenvalue weighted by atomic mass is 10.3. The molecule has 0 aromatic carbocycles. The van der Waals surface area contributed by atoms with Gasteiger partial charge in [-0.1, -0.05) is 6.92 Å². The van der Waals surface area contributed by atoms with Crippen LogP contribution in [0.25, 0.3) is 0 Å². The number of hydrogen-bond donors (Lipinski definition) is 2. The SMILES string of the molecule is CCCNC(=O)c1cc(S(N)(=O)=O)cn1CCOC. The van der Waals surface area contributed by atoms with Crippen LogP contribution in [-0.4, -0.2) is 39.2 Å². The fourth-order valence-corrected chi connectivity index (χ4v) is 2.08. The Morgan fingerprint density at radius 1 is 1.53 bits per heavy atom. The molecule has 19 heavy (non-hydrogen) atoms. The summed E-state index contributed by atoms with van der Waals surface area (Å²) in [6.07, 6.45) is 2.14. The van der Waals surface area contributed by atoms with Crippen LogP contribution in [0.2, 0.25) is 0 Å². The number of carbonyl (C=O) groups is 1. The van der Waals surface area contributed by atoms with Gasteiger partial charge < -0.3 is 14.6 Å². The quantitative estimate of drug-likeness (QED) is 0.732. The molecule has 0 saturated heterocycles. The fraction of sp³-hybridized carbons (Fsp3) is 0.545. The van der Waals surface area contributed by atoms with Gasteiger partial charge in [0, 0.05) is 26.4 Å². The second kappa shape index (κ2) is 6.69. The highest BCUT2D eigenvalue weighted by Gasteiger charge is 2.18. The predicted octanol–water partition coefficient (Wildman–Crippen LogP) is -0.0783. The lowest BCUT2D eigenvalue weighted by Gasteiger charge is -2.08. The minimum absolute atomic E-state index is 0.0785. The number of ether oxygens (including phenoxy) is 1. The van der Waals surface area contributed by atoms with Crippen LogP contribution in [0.1, 0.15) is 23.8 Å². The smallest absolute Gasteiger partial charge is 0.267 e. The Morgan fingerprint density at radius 3 is 2.74 bits per heavy atom. The van der Waals surface area contributed by atoms with Gasteiger partial charge >= 0.3 is 0 Å². The molecular formula is C11H19N3O4S. The van der Waals surface area contributed by atoms with Crippen molar-refractivity contribution in [1.82, 2.24) is 9.88 Å². The first-order chi connectivity index (χ1) is 8.90. The van der Waals surface area contributed by atoms with E-state index in [4.69, 9.17) is 9.88 Å². The number of nitrogens with two attached hydrogens (primary N) is 1. The monoisotopic (exact) mass is 289 g/mol. The Morgan fingerprint density at radius 2 is 2.21 bits per heavy atom. The van der Waals surface area contributed by atoms with Crippen LogP contribution in [0, 0.1) is 0 Å². The van der Waals surface area contributed by atoms with E-state index in [9.17, 15) is 13.2 Å². The van der Waals surface area contributed by atoms with Gasteiger partial charge in [0.15, 0.2) is 0 Å². The normalized spacial score (nSPS) is 11.5. The molecule has 3 N–H and O–H groups in total. The van der Waals surface area contributed by atoms with Gasteiger partial charge in [-0.05, 0) is 12.5 Å². The molecular weight excluding hydrogens is 270 g/mol. The van der Waals surface area contributed by atoms with Crippen LogP contribution in [0.4, 0.5) is 0 Å². The second-order valence-electron chi connectivity index (χ2n) is 4.05. The fourth-order valence-electron chi connectivity index (χ4n) is 1.53. The highest BCUT2D eigenvalue weighted by molar-refractivity contribution is 7.89. The maximum absolute atomic E-state index is 11.9. The summed E-state index contributed by atoms with van der Waals surface area (Å²) in [4.78, 5) is 11.8. The first-order valence-electron chi connectivity index (χ1n) is 5.90. The van der Waals surface area contributed by atoms with Gasteiger partial charge in [0.2, 0.25) is 10.0 Å². The number of amides is 1. The first-order valence-corrected chi connectivity index (χ1v) is 7.45. The number of aromatic nitrogens is 1. The molecule has 1 rings (SSSR count). The second-order valence-corrected chi connectivity index (χ2v) is 5.61. The molecule has 0 radical (unpaired) electrons. The van der Waals surface area contributed by atoms with Gasteiger partial charge in [-0.2, -0.15) is 0 Å². The topological polar surface area (TPSA) is 103 Å². The van der Waals surface area contributed by atoms with Crippen LogP contribution in [0.15, 0.2) is 17.2 Å². The van der Waals surface area contributed by atoms with Gasteiger partial charge in [-0.15, -0.1) is 0 Å². The Kier molecular flexibility index (Phi) is 5.52. The molecule has 0 spiro atoms. The summed E-state index contributed by atoms with van der Waals surface area (Å²) >= 11 is 0. The van der Waals surface area contributed by atoms with E-state index in [1.165, 1.54) is 23.9 Å². The third-order valence-electron chi connectivity index (χ3n) is 2.50. The zero-order valence-corrected chi connectivity index (χ0v) is 11.9. The Bertz CT molecular complexity index is 536. The standard InChI is InChI=1S/C11H19N3O4S/c1-3-4-13-11(15)10-7-9(19(12,16)17)8-14(10)5-6-18-2/h7-8H,3-6H2,1-2H3,(H,13,15)(H2,12,16,17). The molecule has 0 aliphatic rings. The molecule has 1 amide bonds. The summed E-state index contributed by atoms with van der Waals surface area (Å²) in [5.74, 6) is -0.326. The average molecular weight is 289 g/mol. The van der Waals surface area contributed by atoms with Crippen molar-refractivity contribution in [2.75, 3.05) is 20.3 Å². The Balaban J connectivity index is 3.05. The van der Waals surface area contributed by atoms with Gasteiger partial charge in [0.1, 0.15) is 10.6 Å². The van der Waals surface area contributed by atoms with Gasteiger partial charge in [0.25, 0.3) is 5.91 Å². The van der Waals surface area contributed by atoms with E-state index in [2.05, 4.69) is 5.32 Å². The molecule has 0 atom stereocenters. The van der Waals surface area contributed by atoms with Crippen molar-refractivity contribution in [3.05, 3.63) is 18.0 Å². The van der Waals surface area contributed by atoms with Crippen molar-refractivity contribution >= 4 is 15.9 Å². The van der Waals surface area contributed by atoms with E-state index in [-0.39, 0.29) is 16.5 Å². The summed E-state index contributed by atoms with van der Waals surface area (Å²) in [5.41, 5.74) is 0.259. The summed E-state index contributed by atoms with van der Waals surface area (Å²) in [6, 6.07) is 1.27. The van der Waals surface area contributed by atoms with Crippen molar-refractivity contribution in [2.45, 2.75) is 24.8 Å². The van der Waals surface area contributed by atoms with E-state index in [0.717, 1.165) is 6.42 Å². The number of primary sulfonamides is 1. The Hall–Kier alpha value is -1.38. The number of methoxy groups -OCH3 is 1. The van der Waals surface area contributed by atoms with E-state index in [1.807, 2.05) is 6.92 Å². The predicted molar refractivity (Wildman–Crippen MR) is 70.3 cm³/mol. The van der Waals surface area contributed by atoms with Gasteiger partial charge in [-0.3, -0.25) is 4.79 Å². The number of sulfonamides is 1. The highest BCUT2D eigenvalue weighted by Crippen LogP contribution is 2.13. The summed E-state index contributed by atoms with van der Waals surface area (Å²) in [7, 11) is -2.30. The van der Waals surface area contributed by atoms with Crippen molar-refractivity contribution in [1.29, 1.82) is 0 Å². The van der Waals surface area contributed by atoms with Crippen molar-refractivity contribution in [3.8, 4) is 0 Å². The molecule has 0 aliphatic carbocycles. The van der Waals surface area contributed by atoms with Crippen molar-refractivity contribution < 1.29 is 17.9 Å². The maximum Gasteiger partial charge on any atom is 0.267 e. The average Bonchev–Trinajstić information content (AvgIpc) is 2.77. The van der Waals surface area contributed by atoms with Gasteiger partial charge in [0.05, 0.1) is 6.61 Å². The lowest BCUT2D eigenvalue weighted by Crippen LogP contribution is -2.26. The highest BCUT2D eigenvalue weighted by atomic mass is 32.2. The largest absolute Gasteiger partial charge is 0.383 e. The Labute approximate surface area is 112 Å². The van der Waals surface area contributed by atoms with Crippen LogP contribution >= 0.6 is 0 Å². The minimum Gasteiger partial charge on any atom is -0.383 e. The maximum atomic E-state index is 11.9. The number of hydrogen-bond acceptors (Lipinski definition) is 4. The van der Waals surface area contributed by atoms with Crippen LogP contribution in [0.5, 0.6) is 0 Å². The first kappa shape index (κ1) is 15.7. The molecule has 0 fully saturated rings. The van der Waals surface area contributed by atoms with E-state index >= 15 is 0 Å². The third-order valence-corrected chi connectivity index (χ3v) is 3.38. The summed E-state index contributed by atoms with van der Waals surface area (Å²) in [6.45, 7) is 3.20. The van der Waals surface area contributed by atoms with E-state index in [0.29, 0.717) is 19.7 Å². The molecule has 0 aliphatic heterocycles. The van der Waals surface area contributed by atoms with Crippen LogP contribution in [-0.2, 0) is 21.3 Å². The molecule has 1 heterocycles. The molecule has 7 nitrogen and oxygen atoms in total. The van der Waals surface area contributed by atoms with Crippen LogP contribution < -0.4 is 10.5 Å². The van der Waals surface area contributed by atoms with Crippen molar-refractivity contribution in [2.24, 2.45) is 5.14 Å². The molecule has 8 heteroatoms. The molecule has 1 aromatic heterocycles. The summed E-state index contributed by atoms with van der Waals surface area (Å²) in [5, 5.41) is 7.76. The number of carbonyl (C=O) groups excluding carboxylic acids is 1. The molecule has 108 valence electrons. The minimum atomic E-state index is -3.83. The third kappa shape index (κ3) is 4.34.